The standard InChI is InChI=1S/C11H6BrClN2O3/c12-7-4-14-11(13)15-10(7)18-6-1-2-8-9(3-6)17-5-16-8/h1-4H,5H2. The lowest BCUT2D eigenvalue weighted by Gasteiger charge is -2.06. The highest BCUT2D eigenvalue weighted by Gasteiger charge is 2.15. The smallest absolute Gasteiger partial charge is 0.237 e. The summed E-state index contributed by atoms with van der Waals surface area (Å²) in [5, 5.41) is 0.119. The number of hydrogen-bond acceptors (Lipinski definition) is 5. The van der Waals surface area contributed by atoms with E-state index in [0.717, 1.165) is 0 Å². The largest absolute Gasteiger partial charge is 0.454 e. The van der Waals surface area contributed by atoms with Gasteiger partial charge in [-0.05, 0) is 39.7 Å². The molecule has 0 radical (unpaired) electrons. The van der Waals surface area contributed by atoms with Gasteiger partial charge >= 0.3 is 0 Å². The van der Waals surface area contributed by atoms with Crippen LogP contribution in [0.1, 0.15) is 0 Å². The van der Waals surface area contributed by atoms with E-state index in [2.05, 4.69) is 25.9 Å². The van der Waals surface area contributed by atoms with Crippen LogP contribution in [0.15, 0.2) is 28.9 Å². The molecule has 1 aromatic heterocycles. The van der Waals surface area contributed by atoms with Crippen molar-refractivity contribution < 1.29 is 14.2 Å². The Morgan fingerprint density at radius 2 is 2.11 bits per heavy atom. The van der Waals surface area contributed by atoms with Crippen molar-refractivity contribution >= 4 is 27.5 Å². The molecule has 0 spiro atoms. The Morgan fingerprint density at radius 3 is 3.00 bits per heavy atom. The van der Waals surface area contributed by atoms with Crippen LogP contribution in [0.2, 0.25) is 5.28 Å². The highest BCUT2D eigenvalue weighted by Crippen LogP contribution is 2.37. The summed E-state index contributed by atoms with van der Waals surface area (Å²) in [6.45, 7) is 0.224. The van der Waals surface area contributed by atoms with Crippen LogP contribution in [0, 0.1) is 0 Å². The van der Waals surface area contributed by atoms with E-state index in [1.165, 1.54) is 6.20 Å². The maximum absolute atomic E-state index is 5.71. The number of fused-ring (bicyclic) bond motifs is 1. The summed E-state index contributed by atoms with van der Waals surface area (Å²) in [5.74, 6) is 2.26. The SMILES string of the molecule is Clc1ncc(Br)c(Oc2ccc3c(c2)OCO3)n1. The van der Waals surface area contributed by atoms with E-state index in [4.69, 9.17) is 25.8 Å². The average molecular weight is 330 g/mol. The van der Waals surface area contributed by atoms with E-state index in [9.17, 15) is 0 Å². The van der Waals surface area contributed by atoms with Gasteiger partial charge in [-0.15, -0.1) is 0 Å². The summed E-state index contributed by atoms with van der Waals surface area (Å²) in [5.41, 5.74) is 0. The highest BCUT2D eigenvalue weighted by atomic mass is 79.9. The van der Waals surface area contributed by atoms with Crippen molar-refractivity contribution in [2.24, 2.45) is 0 Å². The molecule has 18 heavy (non-hydrogen) atoms. The molecule has 1 aromatic carbocycles. The van der Waals surface area contributed by atoms with Gasteiger partial charge in [0.2, 0.25) is 18.0 Å². The Kier molecular flexibility index (Phi) is 2.97. The number of hydrogen-bond donors (Lipinski definition) is 0. The fraction of sp³-hybridized carbons (Fsp3) is 0.0909. The summed E-state index contributed by atoms with van der Waals surface area (Å²) < 4.78 is 16.7. The normalized spacial score (nSPS) is 12.6. The summed E-state index contributed by atoms with van der Waals surface area (Å²) in [4.78, 5) is 7.80. The molecule has 1 aliphatic rings. The molecule has 2 aromatic rings. The van der Waals surface area contributed by atoms with E-state index in [0.29, 0.717) is 27.6 Å². The van der Waals surface area contributed by atoms with Crippen molar-refractivity contribution in [3.05, 3.63) is 34.2 Å². The van der Waals surface area contributed by atoms with Crippen LogP contribution < -0.4 is 14.2 Å². The first-order valence-electron chi connectivity index (χ1n) is 4.98. The van der Waals surface area contributed by atoms with Crippen molar-refractivity contribution in [1.29, 1.82) is 0 Å². The van der Waals surface area contributed by atoms with Crippen LogP contribution in [-0.2, 0) is 0 Å². The Hall–Kier alpha value is -1.53. The molecule has 0 bridgehead atoms. The number of nitrogens with zero attached hydrogens (tertiary/aromatic N) is 2. The topological polar surface area (TPSA) is 53.5 Å². The second-order valence-corrected chi connectivity index (χ2v) is 4.60. The number of halogens is 2. The first-order chi connectivity index (χ1) is 8.72. The zero-order chi connectivity index (χ0) is 12.5. The molecule has 0 fully saturated rings. The molecule has 1 aliphatic heterocycles. The molecule has 0 aliphatic carbocycles. The molecule has 0 amide bonds. The van der Waals surface area contributed by atoms with Crippen molar-refractivity contribution in [3.63, 3.8) is 0 Å². The van der Waals surface area contributed by atoms with Crippen LogP contribution >= 0.6 is 27.5 Å². The molecule has 5 nitrogen and oxygen atoms in total. The zero-order valence-electron chi connectivity index (χ0n) is 8.89. The van der Waals surface area contributed by atoms with Gasteiger partial charge in [0.25, 0.3) is 0 Å². The van der Waals surface area contributed by atoms with Crippen LogP contribution in [0.4, 0.5) is 0 Å². The van der Waals surface area contributed by atoms with Gasteiger partial charge in [-0.25, -0.2) is 4.98 Å². The lowest BCUT2D eigenvalue weighted by Crippen LogP contribution is -1.93. The third-order valence-corrected chi connectivity index (χ3v) is 2.97. The molecule has 3 rings (SSSR count). The third-order valence-electron chi connectivity index (χ3n) is 2.24. The van der Waals surface area contributed by atoms with Crippen LogP contribution in [0.25, 0.3) is 0 Å². The first kappa shape index (κ1) is 11.6. The van der Waals surface area contributed by atoms with Gasteiger partial charge < -0.3 is 14.2 Å². The van der Waals surface area contributed by atoms with Gasteiger partial charge in [-0.1, -0.05) is 0 Å². The van der Waals surface area contributed by atoms with Crippen molar-refractivity contribution in [2.45, 2.75) is 0 Å². The van der Waals surface area contributed by atoms with E-state index in [-0.39, 0.29) is 12.1 Å². The number of aromatic nitrogens is 2. The number of rotatable bonds is 2. The molecule has 0 saturated carbocycles. The molecule has 0 N–H and O–H groups in total. The first-order valence-corrected chi connectivity index (χ1v) is 6.15. The fourth-order valence-electron chi connectivity index (χ4n) is 1.45. The number of ether oxygens (including phenoxy) is 3. The predicted molar refractivity (Wildman–Crippen MR) is 67.4 cm³/mol. The summed E-state index contributed by atoms with van der Waals surface area (Å²) >= 11 is 8.99. The fourth-order valence-corrected chi connectivity index (χ4v) is 1.85. The van der Waals surface area contributed by atoms with Gasteiger partial charge in [0.05, 0.1) is 4.47 Å². The molecular formula is C11H6BrClN2O3. The lowest BCUT2D eigenvalue weighted by molar-refractivity contribution is 0.174. The minimum absolute atomic E-state index is 0.119. The van der Waals surface area contributed by atoms with E-state index >= 15 is 0 Å². The van der Waals surface area contributed by atoms with E-state index in [1.54, 1.807) is 18.2 Å². The molecule has 7 heteroatoms. The third kappa shape index (κ3) is 2.21. The monoisotopic (exact) mass is 328 g/mol. The minimum Gasteiger partial charge on any atom is -0.454 e. The van der Waals surface area contributed by atoms with Gasteiger partial charge in [0.1, 0.15) is 5.75 Å². The van der Waals surface area contributed by atoms with Crippen LogP contribution in [0.3, 0.4) is 0 Å². The molecule has 0 unspecified atom stereocenters. The molecule has 2 heterocycles. The Morgan fingerprint density at radius 1 is 1.28 bits per heavy atom. The zero-order valence-corrected chi connectivity index (χ0v) is 11.2. The Balaban J connectivity index is 1.90. The molecule has 0 saturated heterocycles. The highest BCUT2D eigenvalue weighted by molar-refractivity contribution is 9.10. The quantitative estimate of drug-likeness (QED) is 0.790. The van der Waals surface area contributed by atoms with Gasteiger partial charge in [0.15, 0.2) is 11.5 Å². The van der Waals surface area contributed by atoms with E-state index < -0.39 is 0 Å². The number of benzene rings is 1. The minimum atomic E-state index is 0.119. The van der Waals surface area contributed by atoms with Gasteiger partial charge in [0, 0.05) is 12.3 Å². The van der Waals surface area contributed by atoms with Crippen molar-refractivity contribution in [2.75, 3.05) is 6.79 Å². The van der Waals surface area contributed by atoms with Crippen molar-refractivity contribution in [1.82, 2.24) is 9.97 Å². The van der Waals surface area contributed by atoms with Gasteiger partial charge in [-0.3, -0.25) is 0 Å². The molecule has 0 atom stereocenters. The summed E-state index contributed by atoms with van der Waals surface area (Å²) in [6.07, 6.45) is 1.53. The van der Waals surface area contributed by atoms with Gasteiger partial charge in [-0.2, -0.15) is 4.98 Å². The van der Waals surface area contributed by atoms with Crippen LogP contribution in [-0.4, -0.2) is 16.8 Å². The van der Waals surface area contributed by atoms with Crippen molar-refractivity contribution in [3.8, 4) is 23.1 Å². The summed E-state index contributed by atoms with van der Waals surface area (Å²) in [7, 11) is 0. The Labute approximate surface area is 116 Å². The van der Waals surface area contributed by atoms with Crippen LogP contribution in [0.5, 0.6) is 23.1 Å². The maximum Gasteiger partial charge on any atom is 0.237 e. The molecule has 92 valence electrons. The second kappa shape index (κ2) is 4.62. The summed E-state index contributed by atoms with van der Waals surface area (Å²) in [6, 6.07) is 5.26. The van der Waals surface area contributed by atoms with E-state index in [1.807, 2.05) is 0 Å². The average Bonchev–Trinajstić information content (AvgIpc) is 2.81. The Bertz CT molecular complexity index is 609. The lowest BCUT2D eigenvalue weighted by atomic mass is 10.3. The second-order valence-electron chi connectivity index (χ2n) is 3.41. The molecular weight excluding hydrogens is 323 g/mol. The predicted octanol–water partition coefficient (Wildman–Crippen LogP) is 3.41. The maximum atomic E-state index is 5.71.